The van der Waals surface area contributed by atoms with Gasteiger partial charge in [-0.3, -0.25) is 0 Å². The number of aromatic nitrogens is 2. The summed E-state index contributed by atoms with van der Waals surface area (Å²) in [5.41, 5.74) is 1.39. The lowest BCUT2D eigenvalue weighted by Crippen LogP contribution is -2.45. The van der Waals surface area contributed by atoms with Gasteiger partial charge in [0.15, 0.2) is 0 Å². The molecule has 1 aromatic heterocycles. The number of nitrogens with zero attached hydrogens (tertiary/aromatic N) is 3. The highest BCUT2D eigenvalue weighted by Crippen LogP contribution is 2.14. The predicted molar refractivity (Wildman–Crippen MR) is 81.6 cm³/mol. The van der Waals surface area contributed by atoms with Crippen molar-refractivity contribution in [2.45, 2.75) is 19.1 Å². The van der Waals surface area contributed by atoms with Crippen molar-refractivity contribution in [2.75, 3.05) is 27.2 Å². The van der Waals surface area contributed by atoms with E-state index in [2.05, 4.69) is 20.9 Å². The molecule has 0 aliphatic rings. The fourth-order valence-corrected chi connectivity index (χ4v) is 2.53. The number of aliphatic hydroxyl groups is 1. The number of rotatable bonds is 6. The van der Waals surface area contributed by atoms with Gasteiger partial charge < -0.3 is 19.9 Å². The van der Waals surface area contributed by atoms with Gasteiger partial charge in [-0.25, -0.2) is 4.98 Å². The fourth-order valence-electron chi connectivity index (χ4n) is 2.53. The highest BCUT2D eigenvalue weighted by molar-refractivity contribution is 5.75. The van der Waals surface area contributed by atoms with Crippen LogP contribution in [0, 0.1) is 0 Å². The number of likely N-dealkylation sites (N-methyl/N-ethyl adjacent to an activating group) is 1. The van der Waals surface area contributed by atoms with Gasteiger partial charge in [-0.15, -0.1) is 0 Å². The molecule has 2 aromatic rings. The van der Waals surface area contributed by atoms with E-state index in [9.17, 15) is 5.11 Å². The molecule has 0 spiro atoms. The Hall–Kier alpha value is -1.43. The van der Waals surface area contributed by atoms with E-state index in [-0.39, 0.29) is 0 Å². The van der Waals surface area contributed by atoms with Crippen molar-refractivity contribution < 1.29 is 5.11 Å². The summed E-state index contributed by atoms with van der Waals surface area (Å²) in [4.78, 5) is 6.58. The van der Waals surface area contributed by atoms with Crippen molar-refractivity contribution in [3.63, 3.8) is 0 Å². The van der Waals surface area contributed by atoms with Crippen molar-refractivity contribution in [1.29, 1.82) is 0 Å². The van der Waals surface area contributed by atoms with Crippen molar-refractivity contribution in [3.05, 3.63) is 30.1 Å². The third-order valence-electron chi connectivity index (χ3n) is 3.33. The van der Waals surface area contributed by atoms with Crippen LogP contribution in [0.5, 0.6) is 0 Å². The zero-order valence-corrected chi connectivity index (χ0v) is 12.7. The summed E-state index contributed by atoms with van der Waals surface area (Å²) in [6.45, 7) is 3.65. The van der Waals surface area contributed by atoms with E-state index < -0.39 is 5.60 Å². The molecule has 0 radical (unpaired) electrons. The Bertz CT molecular complexity index is 574. The first-order valence-corrected chi connectivity index (χ1v) is 6.87. The molecule has 1 unspecified atom stereocenters. The number of fused-ring (bicyclic) bond motifs is 1. The van der Waals surface area contributed by atoms with E-state index in [0.29, 0.717) is 19.6 Å². The molecule has 1 aromatic carbocycles. The van der Waals surface area contributed by atoms with Crippen LogP contribution < -0.4 is 5.32 Å². The average Bonchev–Trinajstić information content (AvgIpc) is 2.65. The van der Waals surface area contributed by atoms with E-state index >= 15 is 0 Å². The van der Waals surface area contributed by atoms with Crippen LogP contribution in [-0.4, -0.2) is 52.3 Å². The van der Waals surface area contributed by atoms with Gasteiger partial charge in [0.1, 0.15) is 5.82 Å². The summed E-state index contributed by atoms with van der Waals surface area (Å²) in [6.07, 6.45) is 0. The summed E-state index contributed by atoms with van der Waals surface area (Å²) in [6, 6.07) is 8.09. The van der Waals surface area contributed by atoms with Crippen molar-refractivity contribution in [2.24, 2.45) is 7.05 Å². The number of imidazole rings is 1. The van der Waals surface area contributed by atoms with Crippen LogP contribution in [0.15, 0.2) is 24.3 Å². The SMILES string of the molecule is CN(C)CC(C)(O)CNCc1nc2ccccc2n1C. The highest BCUT2D eigenvalue weighted by Gasteiger charge is 2.20. The Morgan fingerprint density at radius 1 is 1.35 bits per heavy atom. The van der Waals surface area contributed by atoms with Gasteiger partial charge in [-0.1, -0.05) is 12.1 Å². The Labute approximate surface area is 120 Å². The molecule has 2 N–H and O–H groups in total. The van der Waals surface area contributed by atoms with Crippen LogP contribution in [0.3, 0.4) is 0 Å². The third-order valence-corrected chi connectivity index (χ3v) is 3.33. The van der Waals surface area contributed by atoms with Crippen molar-refractivity contribution >= 4 is 11.0 Å². The monoisotopic (exact) mass is 276 g/mol. The lowest BCUT2D eigenvalue weighted by Gasteiger charge is -2.27. The first-order chi connectivity index (χ1) is 9.39. The number of nitrogens with one attached hydrogen (secondary N) is 1. The van der Waals surface area contributed by atoms with Gasteiger partial charge in [0.05, 0.1) is 23.2 Å². The highest BCUT2D eigenvalue weighted by atomic mass is 16.3. The zero-order chi connectivity index (χ0) is 14.8. The normalized spacial score (nSPS) is 14.9. The minimum Gasteiger partial charge on any atom is -0.388 e. The number of para-hydroxylation sites is 2. The summed E-state index contributed by atoms with van der Waals surface area (Å²) >= 11 is 0. The van der Waals surface area contributed by atoms with Crippen LogP contribution in [0.2, 0.25) is 0 Å². The first-order valence-electron chi connectivity index (χ1n) is 6.87. The smallest absolute Gasteiger partial charge is 0.123 e. The molecule has 0 bridgehead atoms. The minimum absolute atomic E-state index is 0.536. The molecule has 0 saturated carbocycles. The second-order valence-corrected chi connectivity index (χ2v) is 5.91. The standard InChI is InChI=1S/C15H24N4O/c1-15(20,11-18(2)3)10-16-9-14-17-12-7-5-6-8-13(12)19(14)4/h5-8,16,20H,9-11H2,1-4H3. The van der Waals surface area contributed by atoms with Crippen LogP contribution in [0.1, 0.15) is 12.7 Å². The molecular formula is C15H24N4O. The molecule has 20 heavy (non-hydrogen) atoms. The molecule has 0 amide bonds. The van der Waals surface area contributed by atoms with E-state index in [1.54, 1.807) is 0 Å². The van der Waals surface area contributed by atoms with E-state index in [1.165, 1.54) is 0 Å². The van der Waals surface area contributed by atoms with E-state index in [4.69, 9.17) is 0 Å². The van der Waals surface area contributed by atoms with Crippen molar-refractivity contribution in [3.8, 4) is 0 Å². The first kappa shape index (κ1) is 15.0. The van der Waals surface area contributed by atoms with Crippen LogP contribution in [0.25, 0.3) is 11.0 Å². The molecule has 110 valence electrons. The summed E-state index contributed by atoms with van der Waals surface area (Å²) in [7, 11) is 5.93. The number of aryl methyl sites for hydroxylation is 1. The van der Waals surface area contributed by atoms with Crippen LogP contribution >= 0.6 is 0 Å². The lowest BCUT2D eigenvalue weighted by atomic mass is 10.1. The van der Waals surface area contributed by atoms with Crippen LogP contribution in [0.4, 0.5) is 0 Å². The maximum atomic E-state index is 10.2. The van der Waals surface area contributed by atoms with Gasteiger partial charge in [0.2, 0.25) is 0 Å². The maximum Gasteiger partial charge on any atom is 0.123 e. The van der Waals surface area contributed by atoms with Gasteiger partial charge in [-0.05, 0) is 33.2 Å². The summed E-state index contributed by atoms with van der Waals surface area (Å²) in [5, 5.41) is 13.5. The largest absolute Gasteiger partial charge is 0.388 e. The maximum absolute atomic E-state index is 10.2. The molecular weight excluding hydrogens is 252 g/mol. The second-order valence-electron chi connectivity index (χ2n) is 5.91. The molecule has 0 aliphatic carbocycles. The van der Waals surface area contributed by atoms with E-state index in [1.807, 2.05) is 51.2 Å². The van der Waals surface area contributed by atoms with Gasteiger partial charge in [0, 0.05) is 20.1 Å². The number of hydrogen-bond acceptors (Lipinski definition) is 4. The molecule has 1 atom stereocenters. The summed E-state index contributed by atoms with van der Waals surface area (Å²) in [5.74, 6) is 0.979. The zero-order valence-electron chi connectivity index (χ0n) is 12.7. The Morgan fingerprint density at radius 3 is 2.70 bits per heavy atom. The van der Waals surface area contributed by atoms with Crippen LogP contribution in [-0.2, 0) is 13.6 Å². The molecule has 0 aliphatic heterocycles. The molecule has 1 heterocycles. The Balaban J connectivity index is 1.98. The molecule has 0 fully saturated rings. The summed E-state index contributed by atoms with van der Waals surface area (Å²) < 4.78 is 2.09. The molecule has 5 heteroatoms. The van der Waals surface area contributed by atoms with E-state index in [0.717, 1.165) is 16.9 Å². The van der Waals surface area contributed by atoms with Gasteiger partial charge in [0.25, 0.3) is 0 Å². The van der Waals surface area contributed by atoms with Gasteiger partial charge >= 0.3 is 0 Å². The topological polar surface area (TPSA) is 53.3 Å². The number of benzene rings is 1. The van der Waals surface area contributed by atoms with Gasteiger partial charge in [-0.2, -0.15) is 0 Å². The Morgan fingerprint density at radius 2 is 2.05 bits per heavy atom. The third kappa shape index (κ3) is 3.56. The predicted octanol–water partition coefficient (Wildman–Crippen LogP) is 0.975. The molecule has 5 nitrogen and oxygen atoms in total. The second kappa shape index (κ2) is 5.91. The quantitative estimate of drug-likeness (QED) is 0.826. The molecule has 2 rings (SSSR count). The Kier molecular flexibility index (Phi) is 4.42. The number of hydrogen-bond donors (Lipinski definition) is 2. The molecule has 0 saturated heterocycles. The lowest BCUT2D eigenvalue weighted by molar-refractivity contribution is 0.0334. The fraction of sp³-hybridized carbons (Fsp3) is 0.533. The van der Waals surface area contributed by atoms with Crippen molar-refractivity contribution in [1.82, 2.24) is 19.8 Å². The minimum atomic E-state index is -0.742. The average molecular weight is 276 g/mol.